The number of ether oxygens (including phenoxy) is 1. The number of morpholine rings is 1. The standard InChI is InChI=1S/C17H24N2O2/c1-14-12-19(16(20)15-6-4-3-5-7-15)13-17(21-14)8-10-18(2)11-9-17/h3-7,14H,8-13H2,1-2H3. The maximum absolute atomic E-state index is 12.7. The average molecular weight is 288 g/mol. The van der Waals surface area contributed by atoms with E-state index in [-0.39, 0.29) is 17.6 Å². The fourth-order valence-electron chi connectivity index (χ4n) is 3.44. The lowest BCUT2D eigenvalue weighted by Crippen LogP contribution is -2.59. The van der Waals surface area contributed by atoms with Gasteiger partial charge in [0.25, 0.3) is 5.91 Å². The molecular weight excluding hydrogens is 264 g/mol. The van der Waals surface area contributed by atoms with Gasteiger partial charge in [-0.3, -0.25) is 4.79 Å². The second kappa shape index (κ2) is 5.78. The lowest BCUT2D eigenvalue weighted by molar-refractivity contribution is -0.159. The number of hydrogen-bond acceptors (Lipinski definition) is 3. The zero-order valence-electron chi connectivity index (χ0n) is 12.9. The largest absolute Gasteiger partial charge is 0.368 e. The maximum atomic E-state index is 12.7. The van der Waals surface area contributed by atoms with Crippen LogP contribution in [0.4, 0.5) is 0 Å². The molecule has 0 saturated carbocycles. The number of nitrogens with zero attached hydrogens (tertiary/aromatic N) is 2. The number of amides is 1. The van der Waals surface area contributed by atoms with Crippen molar-refractivity contribution in [1.82, 2.24) is 9.80 Å². The first-order valence-corrected chi connectivity index (χ1v) is 7.79. The van der Waals surface area contributed by atoms with Crippen LogP contribution in [0.15, 0.2) is 30.3 Å². The number of piperidine rings is 1. The second-order valence-corrected chi connectivity index (χ2v) is 6.47. The van der Waals surface area contributed by atoms with Gasteiger partial charge in [-0.1, -0.05) is 18.2 Å². The highest BCUT2D eigenvalue weighted by Gasteiger charge is 2.42. The molecular formula is C17H24N2O2. The van der Waals surface area contributed by atoms with E-state index in [2.05, 4.69) is 18.9 Å². The maximum Gasteiger partial charge on any atom is 0.254 e. The van der Waals surface area contributed by atoms with Gasteiger partial charge in [0.15, 0.2) is 0 Å². The minimum absolute atomic E-state index is 0.106. The van der Waals surface area contributed by atoms with Gasteiger partial charge in [-0.15, -0.1) is 0 Å². The summed E-state index contributed by atoms with van der Waals surface area (Å²) >= 11 is 0. The molecule has 1 aromatic rings. The molecule has 21 heavy (non-hydrogen) atoms. The van der Waals surface area contributed by atoms with Crippen molar-refractivity contribution in [3.63, 3.8) is 0 Å². The van der Waals surface area contributed by atoms with Crippen molar-refractivity contribution >= 4 is 5.91 Å². The van der Waals surface area contributed by atoms with Gasteiger partial charge in [-0.2, -0.15) is 0 Å². The van der Waals surface area contributed by atoms with Crippen molar-refractivity contribution in [3.8, 4) is 0 Å². The Morgan fingerprint density at radius 2 is 1.90 bits per heavy atom. The first-order chi connectivity index (χ1) is 10.1. The summed E-state index contributed by atoms with van der Waals surface area (Å²) in [5.74, 6) is 0.129. The number of likely N-dealkylation sites (tertiary alicyclic amines) is 1. The van der Waals surface area contributed by atoms with E-state index in [1.54, 1.807) is 0 Å². The van der Waals surface area contributed by atoms with Crippen molar-refractivity contribution < 1.29 is 9.53 Å². The summed E-state index contributed by atoms with van der Waals surface area (Å²) in [6.45, 7) is 5.56. The van der Waals surface area contributed by atoms with Crippen LogP contribution in [0.25, 0.3) is 0 Å². The topological polar surface area (TPSA) is 32.8 Å². The molecule has 0 aromatic heterocycles. The third kappa shape index (κ3) is 3.11. The minimum atomic E-state index is -0.144. The van der Waals surface area contributed by atoms with E-state index in [4.69, 9.17) is 4.74 Å². The monoisotopic (exact) mass is 288 g/mol. The first kappa shape index (κ1) is 14.5. The molecule has 4 nitrogen and oxygen atoms in total. The normalized spacial score (nSPS) is 26.0. The predicted molar refractivity (Wildman–Crippen MR) is 82.4 cm³/mol. The smallest absolute Gasteiger partial charge is 0.254 e. The van der Waals surface area contributed by atoms with Crippen LogP contribution >= 0.6 is 0 Å². The van der Waals surface area contributed by atoms with Gasteiger partial charge in [-0.05, 0) is 38.9 Å². The van der Waals surface area contributed by atoms with E-state index in [0.29, 0.717) is 6.54 Å². The highest BCUT2D eigenvalue weighted by atomic mass is 16.5. The molecule has 1 aromatic carbocycles. The zero-order chi connectivity index (χ0) is 14.9. The third-order valence-electron chi connectivity index (χ3n) is 4.61. The van der Waals surface area contributed by atoms with E-state index in [9.17, 15) is 4.79 Å². The molecule has 1 spiro atoms. The first-order valence-electron chi connectivity index (χ1n) is 7.79. The number of hydrogen-bond donors (Lipinski definition) is 0. The summed E-state index contributed by atoms with van der Waals surface area (Å²) in [6.07, 6.45) is 2.12. The second-order valence-electron chi connectivity index (χ2n) is 6.47. The van der Waals surface area contributed by atoms with Gasteiger partial charge in [0, 0.05) is 25.2 Å². The molecule has 2 aliphatic heterocycles. The van der Waals surface area contributed by atoms with Crippen LogP contribution in [-0.4, -0.2) is 60.6 Å². The summed E-state index contributed by atoms with van der Waals surface area (Å²) in [5.41, 5.74) is 0.629. The molecule has 3 rings (SSSR count). The quantitative estimate of drug-likeness (QED) is 0.792. The van der Waals surface area contributed by atoms with Crippen molar-refractivity contribution in [3.05, 3.63) is 35.9 Å². The number of rotatable bonds is 1. The summed E-state index contributed by atoms with van der Waals surface area (Å²) < 4.78 is 6.26. The van der Waals surface area contributed by atoms with E-state index < -0.39 is 0 Å². The van der Waals surface area contributed by atoms with Crippen LogP contribution in [0.5, 0.6) is 0 Å². The molecule has 114 valence electrons. The van der Waals surface area contributed by atoms with Crippen molar-refractivity contribution in [2.75, 3.05) is 33.2 Å². The van der Waals surface area contributed by atoms with Crippen LogP contribution < -0.4 is 0 Å². The Hall–Kier alpha value is -1.39. The molecule has 0 aliphatic carbocycles. The Morgan fingerprint density at radius 3 is 2.57 bits per heavy atom. The van der Waals surface area contributed by atoms with Crippen molar-refractivity contribution in [1.29, 1.82) is 0 Å². The Kier molecular flexibility index (Phi) is 4.00. The molecule has 1 unspecified atom stereocenters. The number of benzene rings is 1. The highest BCUT2D eigenvalue weighted by Crippen LogP contribution is 2.32. The number of carbonyl (C=O) groups is 1. The summed E-state index contributed by atoms with van der Waals surface area (Å²) in [6, 6.07) is 9.57. The van der Waals surface area contributed by atoms with E-state index in [1.165, 1.54) is 0 Å². The molecule has 2 saturated heterocycles. The molecule has 1 atom stereocenters. The SMILES string of the molecule is CC1CN(C(=O)c2ccccc2)CC2(CCN(C)CC2)O1. The lowest BCUT2D eigenvalue weighted by Gasteiger charge is -2.49. The summed E-state index contributed by atoms with van der Waals surface area (Å²) in [4.78, 5) is 17.0. The Bertz CT molecular complexity index is 495. The van der Waals surface area contributed by atoms with Crippen molar-refractivity contribution in [2.45, 2.75) is 31.5 Å². The van der Waals surface area contributed by atoms with Gasteiger partial charge < -0.3 is 14.5 Å². The Labute approximate surface area is 126 Å². The highest BCUT2D eigenvalue weighted by molar-refractivity contribution is 5.94. The van der Waals surface area contributed by atoms with E-state index in [0.717, 1.165) is 38.0 Å². The van der Waals surface area contributed by atoms with Crippen LogP contribution in [-0.2, 0) is 4.74 Å². The van der Waals surface area contributed by atoms with Gasteiger partial charge >= 0.3 is 0 Å². The zero-order valence-corrected chi connectivity index (χ0v) is 12.9. The Balaban J connectivity index is 1.76. The van der Waals surface area contributed by atoms with Gasteiger partial charge in [0.1, 0.15) is 0 Å². The molecule has 4 heteroatoms. The molecule has 2 heterocycles. The molecule has 2 aliphatic rings. The van der Waals surface area contributed by atoms with Crippen LogP contribution in [0.2, 0.25) is 0 Å². The van der Waals surface area contributed by atoms with E-state index >= 15 is 0 Å². The summed E-state index contributed by atoms with van der Waals surface area (Å²) in [5, 5.41) is 0. The van der Waals surface area contributed by atoms with Gasteiger partial charge in [-0.25, -0.2) is 0 Å². The Morgan fingerprint density at radius 1 is 1.24 bits per heavy atom. The fourth-order valence-corrected chi connectivity index (χ4v) is 3.44. The van der Waals surface area contributed by atoms with Crippen molar-refractivity contribution in [2.24, 2.45) is 0 Å². The molecule has 0 radical (unpaired) electrons. The average Bonchev–Trinajstić information content (AvgIpc) is 2.50. The predicted octanol–water partition coefficient (Wildman–Crippen LogP) is 2.01. The van der Waals surface area contributed by atoms with E-state index in [1.807, 2.05) is 35.2 Å². The fraction of sp³-hybridized carbons (Fsp3) is 0.588. The number of carbonyl (C=O) groups excluding carboxylic acids is 1. The van der Waals surface area contributed by atoms with Crippen LogP contribution in [0, 0.1) is 0 Å². The summed E-state index contributed by atoms with van der Waals surface area (Å²) in [7, 11) is 2.14. The van der Waals surface area contributed by atoms with Gasteiger partial charge in [0.05, 0.1) is 18.2 Å². The van der Waals surface area contributed by atoms with Gasteiger partial charge in [0.2, 0.25) is 0 Å². The van der Waals surface area contributed by atoms with Crippen LogP contribution in [0.1, 0.15) is 30.1 Å². The molecule has 1 amide bonds. The minimum Gasteiger partial charge on any atom is -0.368 e. The molecule has 0 N–H and O–H groups in total. The van der Waals surface area contributed by atoms with Crippen LogP contribution in [0.3, 0.4) is 0 Å². The molecule has 2 fully saturated rings. The lowest BCUT2D eigenvalue weighted by atomic mass is 9.88. The molecule has 0 bridgehead atoms. The third-order valence-corrected chi connectivity index (χ3v) is 4.61.